The van der Waals surface area contributed by atoms with Crippen LogP contribution in [0.3, 0.4) is 0 Å². The molecule has 2 aliphatic rings. The zero-order valence-corrected chi connectivity index (χ0v) is 15.4. The van der Waals surface area contributed by atoms with E-state index in [0.717, 1.165) is 0 Å². The van der Waals surface area contributed by atoms with Gasteiger partial charge in [0.15, 0.2) is 0 Å². The number of benzene rings is 1. The van der Waals surface area contributed by atoms with Crippen LogP contribution in [0.25, 0.3) is 0 Å². The van der Waals surface area contributed by atoms with Gasteiger partial charge in [0.05, 0.1) is 6.54 Å². The van der Waals surface area contributed by atoms with Gasteiger partial charge in [-0.05, 0) is 31.2 Å². The first kappa shape index (κ1) is 19.1. The smallest absolute Gasteiger partial charge is 0.410 e. The minimum Gasteiger partial charge on any atom is -0.441 e. The highest BCUT2D eigenvalue weighted by Crippen LogP contribution is 2.33. The number of ether oxygens (including phenoxy) is 1. The van der Waals surface area contributed by atoms with Crippen molar-refractivity contribution in [1.82, 2.24) is 15.1 Å². The number of piperidine rings is 1. The van der Waals surface area contributed by atoms with E-state index < -0.39 is 11.4 Å². The van der Waals surface area contributed by atoms with Crippen LogP contribution < -0.4 is 5.32 Å². The van der Waals surface area contributed by atoms with Gasteiger partial charge in [-0.15, -0.1) is 0 Å². The molecule has 27 heavy (non-hydrogen) atoms. The van der Waals surface area contributed by atoms with Crippen LogP contribution in [0.2, 0.25) is 0 Å². The van der Waals surface area contributed by atoms with Gasteiger partial charge in [-0.3, -0.25) is 9.59 Å². The van der Waals surface area contributed by atoms with Crippen molar-refractivity contribution < 1.29 is 23.5 Å². The van der Waals surface area contributed by atoms with Crippen molar-refractivity contribution in [3.8, 4) is 0 Å². The summed E-state index contributed by atoms with van der Waals surface area (Å²) in [4.78, 5) is 39.5. The molecule has 7 nitrogen and oxygen atoms in total. The first-order chi connectivity index (χ1) is 12.9. The molecule has 0 aromatic heterocycles. The lowest BCUT2D eigenvalue weighted by atomic mass is 9.91. The number of carbonyl (C=O) groups excluding carboxylic acids is 3. The first-order valence-corrected chi connectivity index (χ1v) is 9.22. The van der Waals surface area contributed by atoms with Crippen LogP contribution in [-0.4, -0.2) is 66.0 Å². The summed E-state index contributed by atoms with van der Waals surface area (Å²) in [5.74, 6) is -0.779. The minimum atomic E-state index is -0.472. The zero-order valence-electron chi connectivity index (χ0n) is 15.4. The van der Waals surface area contributed by atoms with Crippen LogP contribution in [0.4, 0.5) is 9.18 Å². The van der Waals surface area contributed by atoms with E-state index in [1.165, 1.54) is 24.3 Å². The SMILES string of the molecule is CCN1CC2(CCN(C(=O)CCNC(=O)c3ccc(F)cc3)CC2)OC1=O. The van der Waals surface area contributed by atoms with Gasteiger partial charge in [0.2, 0.25) is 5.91 Å². The van der Waals surface area contributed by atoms with Crippen molar-refractivity contribution in [2.24, 2.45) is 0 Å². The number of hydrogen-bond acceptors (Lipinski definition) is 4. The van der Waals surface area contributed by atoms with Gasteiger partial charge in [-0.2, -0.15) is 0 Å². The Hall–Kier alpha value is -2.64. The zero-order chi connectivity index (χ0) is 19.4. The van der Waals surface area contributed by atoms with Crippen LogP contribution in [0.15, 0.2) is 24.3 Å². The number of hydrogen-bond donors (Lipinski definition) is 1. The van der Waals surface area contributed by atoms with Gasteiger partial charge in [0.1, 0.15) is 11.4 Å². The van der Waals surface area contributed by atoms with E-state index in [-0.39, 0.29) is 30.9 Å². The maximum absolute atomic E-state index is 12.9. The molecule has 8 heteroatoms. The Balaban J connectivity index is 1.42. The highest BCUT2D eigenvalue weighted by atomic mass is 19.1. The van der Waals surface area contributed by atoms with Crippen molar-refractivity contribution in [2.75, 3.05) is 32.7 Å². The van der Waals surface area contributed by atoms with Gasteiger partial charge in [-0.25, -0.2) is 9.18 Å². The second kappa shape index (κ2) is 7.94. The number of halogens is 1. The number of rotatable bonds is 5. The summed E-state index contributed by atoms with van der Waals surface area (Å²) >= 11 is 0. The van der Waals surface area contributed by atoms with Gasteiger partial charge >= 0.3 is 6.09 Å². The lowest BCUT2D eigenvalue weighted by Crippen LogP contribution is -2.49. The number of nitrogens with one attached hydrogen (secondary N) is 1. The lowest BCUT2D eigenvalue weighted by Gasteiger charge is -2.37. The number of carbonyl (C=O) groups is 3. The Morgan fingerprint density at radius 2 is 1.89 bits per heavy atom. The Kier molecular flexibility index (Phi) is 5.62. The predicted octanol–water partition coefficient (Wildman–Crippen LogP) is 1.78. The molecule has 1 aromatic rings. The highest BCUT2D eigenvalue weighted by molar-refractivity contribution is 5.94. The summed E-state index contributed by atoms with van der Waals surface area (Å²) < 4.78 is 18.4. The van der Waals surface area contributed by atoms with E-state index >= 15 is 0 Å². The summed E-state index contributed by atoms with van der Waals surface area (Å²) in [7, 11) is 0. The van der Waals surface area contributed by atoms with Crippen LogP contribution in [0.1, 0.15) is 36.5 Å². The van der Waals surface area contributed by atoms with E-state index in [1.807, 2.05) is 6.92 Å². The van der Waals surface area contributed by atoms with E-state index in [1.54, 1.807) is 9.80 Å². The van der Waals surface area contributed by atoms with Gasteiger partial charge < -0.3 is 19.9 Å². The average Bonchev–Trinajstić information content (AvgIpc) is 2.97. The maximum atomic E-state index is 12.9. The van der Waals surface area contributed by atoms with E-state index in [0.29, 0.717) is 44.6 Å². The summed E-state index contributed by atoms with van der Waals surface area (Å²) in [6, 6.07) is 5.25. The Morgan fingerprint density at radius 3 is 2.48 bits per heavy atom. The molecule has 3 amide bonds. The van der Waals surface area contributed by atoms with Crippen molar-refractivity contribution in [3.63, 3.8) is 0 Å². The summed E-state index contributed by atoms with van der Waals surface area (Å²) in [5.41, 5.74) is -0.118. The predicted molar refractivity (Wildman–Crippen MR) is 95.6 cm³/mol. The summed E-state index contributed by atoms with van der Waals surface area (Å²) in [6.45, 7) is 4.41. The quantitative estimate of drug-likeness (QED) is 0.848. The average molecular weight is 377 g/mol. The topological polar surface area (TPSA) is 78.9 Å². The first-order valence-electron chi connectivity index (χ1n) is 9.22. The molecule has 0 atom stereocenters. The third kappa shape index (κ3) is 4.37. The molecule has 0 aliphatic carbocycles. The van der Waals surface area contributed by atoms with Gasteiger partial charge in [0, 0.05) is 51.0 Å². The standard InChI is InChI=1S/C19H24FN3O4/c1-2-22-13-19(27-18(22)26)8-11-23(12-9-19)16(24)7-10-21-17(25)14-3-5-15(20)6-4-14/h3-6H,2,7-13H2,1H3,(H,21,25). The molecule has 3 rings (SSSR count). The van der Waals surface area contributed by atoms with Gasteiger partial charge in [0.25, 0.3) is 5.91 Å². The molecule has 2 aliphatic heterocycles. The molecule has 1 spiro atoms. The van der Waals surface area contributed by atoms with Crippen molar-refractivity contribution >= 4 is 17.9 Å². The van der Waals surface area contributed by atoms with Crippen LogP contribution in [-0.2, 0) is 9.53 Å². The monoisotopic (exact) mass is 377 g/mol. The second-order valence-corrected chi connectivity index (χ2v) is 6.96. The van der Waals surface area contributed by atoms with Gasteiger partial charge in [-0.1, -0.05) is 0 Å². The minimum absolute atomic E-state index is 0.0408. The fourth-order valence-corrected chi connectivity index (χ4v) is 3.50. The maximum Gasteiger partial charge on any atom is 0.410 e. The molecule has 2 saturated heterocycles. The summed E-state index contributed by atoms with van der Waals surface area (Å²) in [6.07, 6.45) is 1.17. The van der Waals surface area contributed by atoms with E-state index in [2.05, 4.69) is 5.32 Å². The third-order valence-electron chi connectivity index (χ3n) is 5.18. The molecule has 146 valence electrons. The van der Waals surface area contributed by atoms with Crippen LogP contribution >= 0.6 is 0 Å². The number of nitrogens with zero attached hydrogens (tertiary/aromatic N) is 2. The molecule has 2 heterocycles. The van der Waals surface area contributed by atoms with Crippen LogP contribution in [0, 0.1) is 5.82 Å². The van der Waals surface area contributed by atoms with E-state index in [9.17, 15) is 18.8 Å². The van der Waals surface area contributed by atoms with Crippen LogP contribution in [0.5, 0.6) is 0 Å². The molecular formula is C19H24FN3O4. The Labute approximate surface area is 157 Å². The molecule has 0 unspecified atom stereocenters. The Bertz CT molecular complexity index is 714. The van der Waals surface area contributed by atoms with Crippen molar-refractivity contribution in [3.05, 3.63) is 35.6 Å². The largest absolute Gasteiger partial charge is 0.441 e. The lowest BCUT2D eigenvalue weighted by molar-refractivity contribution is -0.134. The normalized spacial score (nSPS) is 18.5. The highest BCUT2D eigenvalue weighted by Gasteiger charge is 2.46. The number of amides is 3. The van der Waals surface area contributed by atoms with Crippen molar-refractivity contribution in [2.45, 2.75) is 31.8 Å². The summed E-state index contributed by atoms with van der Waals surface area (Å²) in [5, 5.41) is 2.67. The number of likely N-dealkylation sites (N-methyl/N-ethyl adjacent to an activating group) is 1. The Morgan fingerprint density at radius 1 is 1.22 bits per heavy atom. The fourth-order valence-electron chi connectivity index (χ4n) is 3.50. The molecule has 0 radical (unpaired) electrons. The fraction of sp³-hybridized carbons (Fsp3) is 0.526. The van der Waals surface area contributed by atoms with Crippen molar-refractivity contribution in [1.29, 1.82) is 0 Å². The molecule has 1 N–H and O–H groups in total. The molecule has 1 aromatic carbocycles. The van der Waals surface area contributed by atoms with E-state index in [4.69, 9.17) is 4.74 Å². The second-order valence-electron chi connectivity index (χ2n) is 6.96. The molecule has 0 bridgehead atoms. The third-order valence-corrected chi connectivity index (χ3v) is 5.18. The molecule has 0 saturated carbocycles. The molecular weight excluding hydrogens is 353 g/mol. The number of likely N-dealkylation sites (tertiary alicyclic amines) is 1. The molecule has 2 fully saturated rings.